The zero-order chi connectivity index (χ0) is 15.7. The lowest BCUT2D eigenvalue weighted by Crippen LogP contribution is -2.06. The van der Waals surface area contributed by atoms with Crippen LogP contribution in [0.5, 0.6) is 0 Å². The third-order valence-corrected chi connectivity index (χ3v) is 4.16. The minimum atomic E-state index is -0.379. The van der Waals surface area contributed by atoms with Crippen LogP contribution < -0.4 is 0 Å². The van der Waals surface area contributed by atoms with Crippen LogP contribution in [0, 0.1) is 5.41 Å². The van der Waals surface area contributed by atoms with Crippen LogP contribution in [0.4, 0.5) is 0 Å². The van der Waals surface area contributed by atoms with Crippen molar-refractivity contribution >= 4 is 33.1 Å². The highest BCUT2D eigenvalue weighted by atomic mass is 79.9. The van der Waals surface area contributed by atoms with Crippen molar-refractivity contribution in [3.63, 3.8) is 0 Å². The molecular formula is C17H13BrN2O2. The quantitative estimate of drug-likeness (QED) is 0.571. The molecule has 0 spiro atoms. The molecule has 0 saturated carbocycles. The number of carbonyl (C=O) groups excluding carboxylic acids is 1. The average Bonchev–Trinajstić information content (AvgIpc) is 2.99. The van der Waals surface area contributed by atoms with Gasteiger partial charge in [0, 0.05) is 16.2 Å². The van der Waals surface area contributed by atoms with Gasteiger partial charge in [0.15, 0.2) is 0 Å². The first kappa shape index (κ1) is 14.5. The standard InChI is InChI=1S/C17H13BrN2O2/c1-22-17(21)12-6-4-11(5-7-12)16(19)15-9-8-14-13(18)3-2-10-20(14)15/h2-10,19H,1H3. The van der Waals surface area contributed by atoms with Gasteiger partial charge in [-0.25, -0.2) is 4.79 Å². The summed E-state index contributed by atoms with van der Waals surface area (Å²) in [6, 6.07) is 14.6. The van der Waals surface area contributed by atoms with Gasteiger partial charge in [-0.3, -0.25) is 5.41 Å². The molecule has 0 atom stereocenters. The van der Waals surface area contributed by atoms with E-state index in [1.54, 1.807) is 24.3 Å². The lowest BCUT2D eigenvalue weighted by atomic mass is 10.1. The minimum absolute atomic E-state index is 0.379. The van der Waals surface area contributed by atoms with Gasteiger partial charge < -0.3 is 9.14 Å². The molecule has 0 saturated heterocycles. The fourth-order valence-corrected chi connectivity index (χ4v) is 2.82. The van der Waals surface area contributed by atoms with Crippen LogP contribution in [0.1, 0.15) is 21.6 Å². The summed E-state index contributed by atoms with van der Waals surface area (Å²) in [5, 5.41) is 8.41. The van der Waals surface area contributed by atoms with Gasteiger partial charge in [-0.1, -0.05) is 12.1 Å². The molecule has 4 nitrogen and oxygen atoms in total. The van der Waals surface area contributed by atoms with Crippen molar-refractivity contribution in [2.24, 2.45) is 0 Å². The van der Waals surface area contributed by atoms with Crippen molar-refractivity contribution in [2.45, 2.75) is 0 Å². The monoisotopic (exact) mass is 356 g/mol. The highest BCUT2D eigenvalue weighted by Gasteiger charge is 2.12. The van der Waals surface area contributed by atoms with Gasteiger partial charge in [0.05, 0.1) is 29.6 Å². The van der Waals surface area contributed by atoms with E-state index in [0.717, 1.165) is 21.2 Å². The molecule has 110 valence electrons. The van der Waals surface area contributed by atoms with Crippen molar-refractivity contribution in [3.05, 3.63) is 76.0 Å². The first-order chi connectivity index (χ1) is 10.6. The van der Waals surface area contributed by atoms with E-state index in [2.05, 4.69) is 20.7 Å². The Bertz CT molecular complexity index is 866. The summed E-state index contributed by atoms with van der Waals surface area (Å²) in [5.41, 5.74) is 3.42. The Morgan fingerprint density at radius 3 is 2.45 bits per heavy atom. The number of methoxy groups -OCH3 is 1. The molecule has 0 aliphatic rings. The number of ether oxygens (including phenoxy) is 1. The summed E-state index contributed by atoms with van der Waals surface area (Å²) in [4.78, 5) is 11.5. The molecule has 1 aromatic carbocycles. The molecule has 0 amide bonds. The van der Waals surface area contributed by atoms with E-state index in [1.165, 1.54) is 7.11 Å². The Kier molecular flexibility index (Phi) is 3.81. The maximum atomic E-state index is 11.5. The Morgan fingerprint density at radius 1 is 1.09 bits per heavy atom. The van der Waals surface area contributed by atoms with Gasteiger partial charge >= 0.3 is 5.97 Å². The van der Waals surface area contributed by atoms with E-state index >= 15 is 0 Å². The number of fused-ring (bicyclic) bond motifs is 1. The molecule has 2 aromatic heterocycles. The fourth-order valence-electron chi connectivity index (χ4n) is 2.34. The second-order valence-electron chi connectivity index (χ2n) is 4.77. The number of nitrogens with zero attached hydrogens (tertiary/aromatic N) is 1. The summed E-state index contributed by atoms with van der Waals surface area (Å²) in [6.45, 7) is 0. The Morgan fingerprint density at radius 2 is 1.77 bits per heavy atom. The van der Waals surface area contributed by atoms with E-state index in [4.69, 9.17) is 5.41 Å². The smallest absolute Gasteiger partial charge is 0.337 e. The third-order valence-electron chi connectivity index (χ3n) is 3.49. The average molecular weight is 357 g/mol. The Hall–Kier alpha value is -2.40. The normalized spacial score (nSPS) is 10.6. The topological polar surface area (TPSA) is 54.6 Å². The van der Waals surface area contributed by atoms with Crippen molar-refractivity contribution < 1.29 is 9.53 Å². The van der Waals surface area contributed by atoms with Crippen molar-refractivity contribution in [2.75, 3.05) is 7.11 Å². The molecule has 3 aromatic rings. The molecule has 0 radical (unpaired) electrons. The van der Waals surface area contributed by atoms with Gasteiger partial charge in [0.1, 0.15) is 0 Å². The van der Waals surface area contributed by atoms with Gasteiger partial charge in [-0.2, -0.15) is 0 Å². The van der Waals surface area contributed by atoms with Crippen molar-refractivity contribution in [1.82, 2.24) is 4.40 Å². The largest absolute Gasteiger partial charge is 0.465 e. The van der Waals surface area contributed by atoms with Gasteiger partial charge in [-0.05, 0) is 52.3 Å². The predicted molar refractivity (Wildman–Crippen MR) is 88.8 cm³/mol. The minimum Gasteiger partial charge on any atom is -0.465 e. The molecule has 3 rings (SSSR count). The zero-order valence-corrected chi connectivity index (χ0v) is 13.4. The molecule has 0 unspecified atom stereocenters. The highest BCUT2D eigenvalue weighted by Crippen LogP contribution is 2.22. The second-order valence-corrected chi connectivity index (χ2v) is 5.63. The molecule has 0 bridgehead atoms. The van der Waals surface area contributed by atoms with Crippen LogP contribution in [-0.2, 0) is 4.74 Å². The van der Waals surface area contributed by atoms with Crippen LogP contribution in [0.2, 0.25) is 0 Å². The van der Waals surface area contributed by atoms with E-state index in [0.29, 0.717) is 11.3 Å². The highest BCUT2D eigenvalue weighted by molar-refractivity contribution is 9.10. The number of pyridine rings is 1. The van der Waals surface area contributed by atoms with E-state index < -0.39 is 0 Å². The summed E-state index contributed by atoms with van der Waals surface area (Å²) in [5.74, 6) is -0.379. The molecule has 1 N–H and O–H groups in total. The number of rotatable bonds is 3. The molecule has 22 heavy (non-hydrogen) atoms. The zero-order valence-electron chi connectivity index (χ0n) is 11.8. The predicted octanol–water partition coefficient (Wildman–Crippen LogP) is 3.90. The van der Waals surface area contributed by atoms with E-state index in [-0.39, 0.29) is 5.97 Å². The second kappa shape index (κ2) is 5.77. The molecule has 2 heterocycles. The van der Waals surface area contributed by atoms with Crippen molar-refractivity contribution in [1.29, 1.82) is 5.41 Å². The van der Waals surface area contributed by atoms with E-state index in [1.807, 2.05) is 34.9 Å². The first-order valence-corrected chi connectivity index (χ1v) is 7.44. The van der Waals surface area contributed by atoms with Crippen molar-refractivity contribution in [3.8, 4) is 0 Å². The Labute approximate surface area is 136 Å². The summed E-state index contributed by atoms with van der Waals surface area (Å²) in [7, 11) is 1.35. The third kappa shape index (κ3) is 2.44. The first-order valence-electron chi connectivity index (χ1n) is 6.65. The maximum Gasteiger partial charge on any atom is 0.337 e. The SMILES string of the molecule is COC(=O)c1ccc(C(=N)c2ccc3c(Br)cccn23)cc1. The van der Waals surface area contributed by atoms with Crippen LogP contribution in [0.25, 0.3) is 5.52 Å². The number of hydrogen-bond acceptors (Lipinski definition) is 3. The van der Waals surface area contributed by atoms with Gasteiger partial charge in [0.2, 0.25) is 0 Å². The summed E-state index contributed by atoms with van der Waals surface area (Å²) < 4.78 is 7.62. The number of esters is 1. The number of halogens is 1. The fraction of sp³-hybridized carbons (Fsp3) is 0.0588. The van der Waals surface area contributed by atoms with Gasteiger partial charge in [0.25, 0.3) is 0 Å². The summed E-state index contributed by atoms with van der Waals surface area (Å²) in [6.07, 6.45) is 1.92. The number of nitrogens with one attached hydrogen (secondary N) is 1. The van der Waals surface area contributed by atoms with Crippen LogP contribution in [0.3, 0.4) is 0 Å². The summed E-state index contributed by atoms with van der Waals surface area (Å²) >= 11 is 3.51. The number of carbonyl (C=O) groups is 1. The van der Waals surface area contributed by atoms with E-state index in [9.17, 15) is 4.79 Å². The molecule has 0 aliphatic carbocycles. The van der Waals surface area contributed by atoms with Crippen LogP contribution in [0.15, 0.2) is 59.2 Å². The molecular weight excluding hydrogens is 344 g/mol. The lowest BCUT2D eigenvalue weighted by molar-refractivity contribution is 0.0600. The molecule has 5 heteroatoms. The molecule has 0 fully saturated rings. The van der Waals surface area contributed by atoms with Crippen LogP contribution in [-0.4, -0.2) is 23.2 Å². The number of benzene rings is 1. The Balaban J connectivity index is 1.99. The van der Waals surface area contributed by atoms with Gasteiger partial charge in [-0.15, -0.1) is 0 Å². The number of hydrogen-bond donors (Lipinski definition) is 1. The maximum absolute atomic E-state index is 11.5. The molecule has 0 aliphatic heterocycles. The lowest BCUT2D eigenvalue weighted by Gasteiger charge is -2.07. The number of aromatic nitrogens is 1. The van der Waals surface area contributed by atoms with Crippen LogP contribution >= 0.6 is 15.9 Å².